The molecule has 3 N–H and O–H groups in total. The second-order valence-corrected chi connectivity index (χ2v) is 10.0. The molecule has 0 unspecified atom stereocenters. The summed E-state index contributed by atoms with van der Waals surface area (Å²) in [5.74, 6) is -3.16. The zero-order valence-electron chi connectivity index (χ0n) is 15.0. The van der Waals surface area contributed by atoms with Crippen LogP contribution in [0.5, 0.6) is 5.88 Å². The number of hydrogen-bond donors (Lipinski definition) is 3. The normalized spacial score (nSPS) is 15.0. The van der Waals surface area contributed by atoms with Gasteiger partial charge in [-0.2, -0.15) is 9.29 Å². The van der Waals surface area contributed by atoms with Crippen molar-refractivity contribution in [3.63, 3.8) is 0 Å². The van der Waals surface area contributed by atoms with Gasteiger partial charge in [-0.15, -0.1) is 0 Å². The number of fused-ring (bicyclic) bond motifs is 3. The molecule has 0 fully saturated rings. The maximum atomic E-state index is 12.8. The average Bonchev–Trinajstić information content (AvgIpc) is 2.96. The fourth-order valence-corrected chi connectivity index (χ4v) is 5.40. The summed E-state index contributed by atoms with van der Waals surface area (Å²) in [5.41, 5.74) is -0.959. The van der Waals surface area contributed by atoms with Gasteiger partial charge in [-0.1, -0.05) is 11.3 Å². The quantitative estimate of drug-likeness (QED) is 0.566. The van der Waals surface area contributed by atoms with Crippen molar-refractivity contribution >= 4 is 38.2 Å². The van der Waals surface area contributed by atoms with Gasteiger partial charge in [-0.25, -0.2) is 8.42 Å². The number of carbonyl (C=O) groups excluding carboxylic acids is 1. The average molecular weight is 430 g/mol. The molecule has 152 valence electrons. The molecular formula is C15H18N4O7S2. The number of carboxylic acids is 1. The number of thiazole rings is 1. The minimum absolute atomic E-state index is 0.0740. The van der Waals surface area contributed by atoms with Crippen LogP contribution >= 0.6 is 11.3 Å². The fourth-order valence-electron chi connectivity index (χ4n) is 2.89. The summed E-state index contributed by atoms with van der Waals surface area (Å²) in [6, 6.07) is 0. The minimum Gasteiger partial charge on any atom is -0.492 e. The van der Waals surface area contributed by atoms with Crippen molar-refractivity contribution in [2.75, 3.05) is 13.1 Å². The van der Waals surface area contributed by atoms with Crippen molar-refractivity contribution in [2.24, 2.45) is 0 Å². The van der Waals surface area contributed by atoms with Crippen LogP contribution in [0, 0.1) is 0 Å². The molecule has 2 aromatic rings. The molecule has 11 nitrogen and oxygen atoms in total. The van der Waals surface area contributed by atoms with Gasteiger partial charge in [0.05, 0.1) is 5.25 Å². The molecule has 0 aromatic carbocycles. The van der Waals surface area contributed by atoms with Crippen LogP contribution in [-0.2, 0) is 27.8 Å². The lowest BCUT2D eigenvalue weighted by molar-refractivity contribution is -0.135. The van der Waals surface area contributed by atoms with Crippen LogP contribution < -0.4 is 10.9 Å². The SMILES string of the molecule is CC(C)S(=O)(=O)N1CCc2c(sc3nc(O)c(C(=O)NCC(=O)O)c(=O)n23)C1. The predicted molar refractivity (Wildman–Crippen MR) is 99.1 cm³/mol. The van der Waals surface area contributed by atoms with Crippen molar-refractivity contribution in [1.29, 1.82) is 0 Å². The summed E-state index contributed by atoms with van der Waals surface area (Å²) in [7, 11) is -3.47. The third-order valence-corrected chi connectivity index (χ3v) is 7.63. The van der Waals surface area contributed by atoms with E-state index < -0.39 is 50.7 Å². The summed E-state index contributed by atoms with van der Waals surface area (Å²) < 4.78 is 27.3. The maximum Gasteiger partial charge on any atom is 0.322 e. The van der Waals surface area contributed by atoms with Gasteiger partial charge in [0.15, 0.2) is 10.5 Å². The molecule has 3 heterocycles. The first kappa shape index (κ1) is 20.2. The highest BCUT2D eigenvalue weighted by Gasteiger charge is 2.33. The van der Waals surface area contributed by atoms with Crippen molar-refractivity contribution in [3.8, 4) is 5.88 Å². The largest absolute Gasteiger partial charge is 0.492 e. The number of amides is 1. The lowest BCUT2D eigenvalue weighted by atomic mass is 10.2. The molecule has 1 amide bonds. The Balaban J connectivity index is 2.06. The third-order valence-electron chi connectivity index (χ3n) is 4.34. The first-order chi connectivity index (χ1) is 13.0. The van der Waals surface area contributed by atoms with E-state index in [0.717, 1.165) is 11.3 Å². The van der Waals surface area contributed by atoms with Crippen LogP contribution in [0.2, 0.25) is 0 Å². The van der Waals surface area contributed by atoms with Gasteiger partial charge in [0.2, 0.25) is 15.9 Å². The van der Waals surface area contributed by atoms with Crippen molar-refractivity contribution in [2.45, 2.75) is 32.1 Å². The summed E-state index contributed by atoms with van der Waals surface area (Å²) >= 11 is 1.06. The van der Waals surface area contributed by atoms with E-state index in [2.05, 4.69) is 4.98 Å². The standard InChI is InChI=1S/C15H18N4O7S2/c1-7(2)28(25,26)18-4-3-8-9(6-18)27-15-17-13(23)11(14(24)19(8)15)12(22)16-5-10(20)21/h7,23H,3-6H2,1-2H3,(H,16,22)(H,20,21). The highest BCUT2D eigenvalue weighted by Crippen LogP contribution is 2.30. The van der Waals surface area contributed by atoms with E-state index >= 15 is 0 Å². The van der Waals surface area contributed by atoms with E-state index in [-0.39, 0.29) is 24.5 Å². The van der Waals surface area contributed by atoms with Crippen molar-refractivity contribution in [3.05, 3.63) is 26.5 Å². The molecule has 28 heavy (non-hydrogen) atoms. The summed E-state index contributed by atoms with van der Waals surface area (Å²) in [5, 5.41) is 20.1. The molecule has 0 spiro atoms. The maximum absolute atomic E-state index is 12.8. The van der Waals surface area contributed by atoms with Crippen LogP contribution in [0.3, 0.4) is 0 Å². The van der Waals surface area contributed by atoms with E-state index in [1.54, 1.807) is 13.8 Å². The second kappa shape index (κ2) is 7.14. The van der Waals surface area contributed by atoms with Gasteiger partial charge in [-0.05, 0) is 13.8 Å². The van der Waals surface area contributed by atoms with Crippen LogP contribution in [0.4, 0.5) is 0 Å². The predicted octanol–water partition coefficient (Wildman–Crippen LogP) is -0.628. The number of rotatable bonds is 5. The molecule has 13 heteroatoms. The Bertz CT molecular complexity index is 1130. The Labute approximate surface area is 163 Å². The monoisotopic (exact) mass is 430 g/mol. The minimum atomic E-state index is -3.47. The molecule has 0 saturated carbocycles. The van der Waals surface area contributed by atoms with E-state index in [1.807, 2.05) is 5.32 Å². The Morgan fingerprint density at radius 3 is 2.64 bits per heavy atom. The number of sulfonamides is 1. The number of nitrogens with one attached hydrogen (secondary N) is 1. The molecule has 2 aromatic heterocycles. The van der Waals surface area contributed by atoms with Gasteiger partial charge < -0.3 is 15.5 Å². The van der Waals surface area contributed by atoms with Gasteiger partial charge in [0, 0.05) is 30.1 Å². The van der Waals surface area contributed by atoms with Gasteiger partial charge in [0.25, 0.3) is 11.5 Å². The van der Waals surface area contributed by atoms with Gasteiger partial charge in [-0.3, -0.25) is 18.8 Å². The van der Waals surface area contributed by atoms with Gasteiger partial charge in [0.1, 0.15) is 6.54 Å². The van der Waals surface area contributed by atoms with Crippen LogP contribution in [0.25, 0.3) is 4.96 Å². The van der Waals surface area contributed by atoms with E-state index in [0.29, 0.717) is 10.6 Å². The molecule has 0 aliphatic carbocycles. The van der Waals surface area contributed by atoms with E-state index in [9.17, 15) is 27.9 Å². The Kier molecular flexibility index (Phi) is 5.16. The number of aromatic hydroxyl groups is 1. The second-order valence-electron chi connectivity index (χ2n) is 6.46. The molecular weight excluding hydrogens is 412 g/mol. The molecule has 0 bridgehead atoms. The fraction of sp³-hybridized carbons (Fsp3) is 0.467. The lowest BCUT2D eigenvalue weighted by Crippen LogP contribution is -2.40. The number of aromatic nitrogens is 2. The molecule has 1 aliphatic rings. The number of carboxylic acid groups (broad SMARTS) is 1. The molecule has 0 atom stereocenters. The number of carbonyl (C=O) groups is 2. The van der Waals surface area contributed by atoms with Crippen LogP contribution in [0.1, 0.15) is 34.8 Å². The Morgan fingerprint density at radius 1 is 1.36 bits per heavy atom. The third kappa shape index (κ3) is 3.36. The summed E-state index contributed by atoms with van der Waals surface area (Å²) in [6.45, 7) is 2.70. The summed E-state index contributed by atoms with van der Waals surface area (Å²) in [6.07, 6.45) is 0.240. The smallest absolute Gasteiger partial charge is 0.322 e. The van der Waals surface area contributed by atoms with E-state index in [1.165, 1.54) is 8.71 Å². The number of nitrogens with zero attached hydrogens (tertiary/aromatic N) is 3. The Morgan fingerprint density at radius 2 is 2.04 bits per heavy atom. The van der Waals surface area contributed by atoms with E-state index in [4.69, 9.17) is 5.11 Å². The molecule has 1 aliphatic heterocycles. The van der Waals surface area contributed by atoms with Crippen molar-refractivity contribution < 1.29 is 28.2 Å². The van der Waals surface area contributed by atoms with Crippen LogP contribution in [0.15, 0.2) is 4.79 Å². The molecule has 0 saturated heterocycles. The highest BCUT2D eigenvalue weighted by molar-refractivity contribution is 7.89. The lowest BCUT2D eigenvalue weighted by Gasteiger charge is -2.27. The zero-order chi connectivity index (χ0) is 20.8. The zero-order valence-corrected chi connectivity index (χ0v) is 16.6. The van der Waals surface area contributed by atoms with Gasteiger partial charge >= 0.3 is 5.97 Å². The summed E-state index contributed by atoms with van der Waals surface area (Å²) in [4.78, 5) is 40.1. The Hall–Kier alpha value is -2.51. The molecule has 3 rings (SSSR count). The topological polar surface area (TPSA) is 158 Å². The first-order valence-corrected chi connectivity index (χ1v) is 10.6. The van der Waals surface area contributed by atoms with Crippen LogP contribution in [-0.4, -0.2) is 62.5 Å². The first-order valence-electron chi connectivity index (χ1n) is 8.29. The molecule has 0 radical (unpaired) electrons. The number of hydrogen-bond acceptors (Lipinski definition) is 8. The number of aliphatic carboxylic acids is 1. The van der Waals surface area contributed by atoms with Crippen molar-refractivity contribution in [1.82, 2.24) is 19.0 Å². The highest BCUT2D eigenvalue weighted by atomic mass is 32.2.